The lowest BCUT2D eigenvalue weighted by atomic mass is 10.3. The van der Waals surface area contributed by atoms with Crippen LogP contribution in [0.5, 0.6) is 0 Å². The van der Waals surface area contributed by atoms with Crippen LogP contribution in [0.15, 0.2) is 52.3 Å². The Bertz CT molecular complexity index is 1220. The fraction of sp³-hybridized carbons (Fsp3) is 0.263. The first-order chi connectivity index (χ1) is 13.7. The second-order valence-corrected chi connectivity index (χ2v) is 8.12. The molecule has 0 spiro atoms. The van der Waals surface area contributed by atoms with Crippen LogP contribution in [0, 0.1) is 6.92 Å². The number of sulfonamides is 1. The molecule has 0 radical (unpaired) electrons. The van der Waals surface area contributed by atoms with Gasteiger partial charge in [0.25, 0.3) is 15.6 Å². The van der Waals surface area contributed by atoms with E-state index in [1.165, 1.54) is 21.5 Å². The molecular weight excluding hydrogens is 396 g/mol. The Hall–Kier alpha value is -3.27. The second-order valence-electron chi connectivity index (χ2n) is 6.43. The molecule has 3 rings (SSSR count). The maximum atomic E-state index is 12.9. The van der Waals surface area contributed by atoms with E-state index in [-0.39, 0.29) is 22.9 Å². The summed E-state index contributed by atoms with van der Waals surface area (Å²) in [6.07, 6.45) is 1.29. The zero-order chi connectivity index (χ0) is 21.3. The Morgan fingerprint density at radius 3 is 2.45 bits per heavy atom. The molecule has 3 aromatic rings. The molecule has 1 aromatic carbocycles. The van der Waals surface area contributed by atoms with Gasteiger partial charge in [0.2, 0.25) is 0 Å². The molecule has 1 N–H and O–H groups in total. The normalized spacial score (nSPS) is 11.4. The molecule has 0 atom stereocenters. The Kier molecular flexibility index (Phi) is 5.38. The van der Waals surface area contributed by atoms with Gasteiger partial charge in [-0.2, -0.15) is 0 Å². The van der Waals surface area contributed by atoms with E-state index in [9.17, 15) is 18.0 Å². The first-order valence-corrected chi connectivity index (χ1v) is 10.4. The van der Waals surface area contributed by atoms with E-state index in [0.29, 0.717) is 11.4 Å². The lowest BCUT2D eigenvalue weighted by Crippen LogP contribution is -2.23. The van der Waals surface area contributed by atoms with Crippen molar-refractivity contribution in [2.24, 2.45) is 14.1 Å². The number of benzene rings is 1. The minimum atomic E-state index is -4.10. The molecule has 0 aliphatic rings. The van der Waals surface area contributed by atoms with Crippen molar-refractivity contribution in [2.75, 3.05) is 11.3 Å². The molecule has 0 amide bonds. The highest BCUT2D eigenvalue weighted by molar-refractivity contribution is 7.92. The van der Waals surface area contributed by atoms with Gasteiger partial charge in [0, 0.05) is 20.3 Å². The number of anilines is 1. The minimum Gasteiger partial charge on any atom is -0.461 e. The summed E-state index contributed by atoms with van der Waals surface area (Å²) in [5.74, 6) is -0.626. The molecule has 9 nitrogen and oxygen atoms in total. The number of para-hydroxylation sites is 1. The molecule has 29 heavy (non-hydrogen) atoms. The van der Waals surface area contributed by atoms with Gasteiger partial charge in [-0.05, 0) is 32.0 Å². The predicted molar refractivity (Wildman–Crippen MR) is 108 cm³/mol. The number of aryl methyl sites for hydroxylation is 1. The van der Waals surface area contributed by atoms with Crippen LogP contribution in [0.4, 0.5) is 5.69 Å². The maximum absolute atomic E-state index is 12.9. The molecule has 0 aliphatic carbocycles. The van der Waals surface area contributed by atoms with Gasteiger partial charge in [-0.1, -0.05) is 18.2 Å². The molecule has 0 fully saturated rings. The Labute approximate surface area is 168 Å². The lowest BCUT2D eigenvalue weighted by Gasteiger charge is -2.07. The number of hydrogen-bond donors (Lipinski definition) is 1. The van der Waals surface area contributed by atoms with Crippen LogP contribution in [0.2, 0.25) is 0 Å². The summed E-state index contributed by atoms with van der Waals surface area (Å²) in [7, 11) is -0.887. The van der Waals surface area contributed by atoms with Crippen molar-refractivity contribution in [3.05, 3.63) is 64.3 Å². The van der Waals surface area contributed by atoms with Crippen molar-refractivity contribution in [3.8, 4) is 5.69 Å². The zero-order valence-corrected chi connectivity index (χ0v) is 17.4. The van der Waals surface area contributed by atoms with E-state index in [4.69, 9.17) is 4.74 Å². The van der Waals surface area contributed by atoms with Crippen molar-refractivity contribution in [3.63, 3.8) is 0 Å². The third kappa shape index (κ3) is 3.70. The predicted octanol–water partition coefficient (Wildman–Crippen LogP) is 1.80. The molecule has 10 heteroatoms. The number of carbonyl (C=O) groups is 1. The second kappa shape index (κ2) is 7.63. The molecule has 0 aliphatic heterocycles. The molecular formula is C19H22N4O5S. The van der Waals surface area contributed by atoms with Gasteiger partial charge in [0.05, 0.1) is 18.0 Å². The van der Waals surface area contributed by atoms with E-state index < -0.39 is 21.6 Å². The van der Waals surface area contributed by atoms with Gasteiger partial charge >= 0.3 is 5.97 Å². The molecule has 154 valence electrons. The molecule has 0 saturated carbocycles. The number of aromatic nitrogens is 3. The van der Waals surface area contributed by atoms with Crippen LogP contribution in [0.25, 0.3) is 5.69 Å². The van der Waals surface area contributed by atoms with E-state index in [2.05, 4.69) is 4.72 Å². The summed E-state index contributed by atoms with van der Waals surface area (Å²) in [5, 5.41) is 0. The van der Waals surface area contributed by atoms with Crippen molar-refractivity contribution >= 4 is 21.7 Å². The van der Waals surface area contributed by atoms with Gasteiger partial charge in [-0.25, -0.2) is 17.9 Å². The van der Waals surface area contributed by atoms with E-state index in [1.807, 2.05) is 6.07 Å². The zero-order valence-electron chi connectivity index (χ0n) is 16.5. The van der Waals surface area contributed by atoms with Crippen LogP contribution in [-0.4, -0.2) is 34.9 Å². The lowest BCUT2D eigenvalue weighted by molar-refractivity contribution is 0.0515. The largest absolute Gasteiger partial charge is 0.461 e. The number of esters is 1. The van der Waals surface area contributed by atoms with Crippen LogP contribution < -0.4 is 10.3 Å². The summed E-state index contributed by atoms with van der Waals surface area (Å²) in [6.45, 7) is 3.48. The molecule has 0 bridgehead atoms. The number of hydrogen-bond acceptors (Lipinski definition) is 5. The Morgan fingerprint density at radius 2 is 1.83 bits per heavy atom. The quantitative estimate of drug-likeness (QED) is 0.615. The van der Waals surface area contributed by atoms with Gasteiger partial charge < -0.3 is 9.30 Å². The van der Waals surface area contributed by atoms with Crippen LogP contribution in [0.3, 0.4) is 0 Å². The highest BCUT2D eigenvalue weighted by atomic mass is 32.2. The summed E-state index contributed by atoms with van der Waals surface area (Å²) >= 11 is 0. The summed E-state index contributed by atoms with van der Waals surface area (Å²) in [6, 6.07) is 10.1. The van der Waals surface area contributed by atoms with E-state index >= 15 is 0 Å². The molecule has 0 unspecified atom stereocenters. The highest BCUT2D eigenvalue weighted by Crippen LogP contribution is 2.20. The molecule has 0 saturated heterocycles. The molecule has 2 heterocycles. The fourth-order valence-electron chi connectivity index (χ4n) is 2.97. The third-order valence-electron chi connectivity index (χ3n) is 4.57. The Morgan fingerprint density at radius 1 is 1.17 bits per heavy atom. The van der Waals surface area contributed by atoms with Crippen molar-refractivity contribution in [1.29, 1.82) is 0 Å². The topological polar surface area (TPSA) is 104 Å². The van der Waals surface area contributed by atoms with Crippen molar-refractivity contribution in [1.82, 2.24) is 13.9 Å². The van der Waals surface area contributed by atoms with Gasteiger partial charge in [0.15, 0.2) is 0 Å². The smallest absolute Gasteiger partial charge is 0.354 e. The van der Waals surface area contributed by atoms with Gasteiger partial charge in [0.1, 0.15) is 16.3 Å². The van der Waals surface area contributed by atoms with Crippen LogP contribution >= 0.6 is 0 Å². The van der Waals surface area contributed by atoms with Crippen molar-refractivity contribution in [2.45, 2.75) is 18.7 Å². The monoisotopic (exact) mass is 418 g/mol. The summed E-state index contributed by atoms with van der Waals surface area (Å²) in [4.78, 5) is 24.7. The standard InChI is InChI=1S/C19H22N4O5S/c1-5-28-19(25)16-11-15(12-21(16)3)29(26,27)20-17-13(2)22(4)23(18(17)24)14-9-7-6-8-10-14/h6-12,20H,5H2,1-4H3. The average molecular weight is 418 g/mol. The minimum absolute atomic E-state index is 0.0575. The summed E-state index contributed by atoms with van der Waals surface area (Å²) < 4.78 is 37.4. The third-order valence-corrected chi connectivity index (χ3v) is 5.88. The van der Waals surface area contributed by atoms with Gasteiger partial charge in [-0.15, -0.1) is 0 Å². The number of rotatable bonds is 6. The maximum Gasteiger partial charge on any atom is 0.354 e. The summed E-state index contributed by atoms with van der Waals surface area (Å²) in [5.41, 5.74) is 0.597. The fourth-order valence-corrected chi connectivity index (χ4v) is 4.15. The SMILES string of the molecule is CCOC(=O)c1cc(S(=O)(=O)Nc2c(C)n(C)n(-c3ccccc3)c2=O)cn1C. The van der Waals surface area contributed by atoms with Gasteiger partial charge in [-0.3, -0.25) is 14.2 Å². The first-order valence-electron chi connectivity index (χ1n) is 8.87. The Balaban J connectivity index is 2.02. The van der Waals surface area contributed by atoms with Crippen molar-refractivity contribution < 1.29 is 17.9 Å². The molecule has 2 aromatic heterocycles. The number of nitrogens with zero attached hydrogens (tertiary/aromatic N) is 3. The number of carbonyl (C=O) groups excluding carboxylic acids is 1. The van der Waals surface area contributed by atoms with Crippen LogP contribution in [-0.2, 0) is 28.9 Å². The number of nitrogens with one attached hydrogen (secondary N) is 1. The average Bonchev–Trinajstić information content (AvgIpc) is 3.17. The number of ether oxygens (including phenoxy) is 1. The van der Waals surface area contributed by atoms with E-state index in [0.717, 1.165) is 0 Å². The van der Waals surface area contributed by atoms with E-state index in [1.54, 1.807) is 56.9 Å². The first kappa shape index (κ1) is 20.5. The van der Waals surface area contributed by atoms with Crippen LogP contribution in [0.1, 0.15) is 23.1 Å². The highest BCUT2D eigenvalue weighted by Gasteiger charge is 2.25.